The molecule has 170 valence electrons. The Morgan fingerprint density at radius 2 is 2.09 bits per heavy atom. The second-order valence-electron chi connectivity index (χ2n) is 9.07. The number of hydrogen-bond acceptors (Lipinski definition) is 5. The maximum Gasteiger partial charge on any atom is 0.307 e. The van der Waals surface area contributed by atoms with Gasteiger partial charge in [0.05, 0.1) is 12.1 Å². The highest BCUT2D eigenvalue weighted by Gasteiger charge is 2.46. The topological polar surface area (TPSA) is 109 Å². The van der Waals surface area contributed by atoms with Crippen LogP contribution in [0.3, 0.4) is 0 Å². The second kappa shape index (κ2) is 7.76. The van der Waals surface area contributed by atoms with Crippen molar-refractivity contribution >= 4 is 34.6 Å². The van der Waals surface area contributed by atoms with Gasteiger partial charge in [-0.05, 0) is 55.7 Å². The van der Waals surface area contributed by atoms with Crippen LogP contribution in [0, 0.1) is 41.8 Å². The lowest BCUT2D eigenvalue weighted by Gasteiger charge is -2.45. The summed E-state index contributed by atoms with van der Waals surface area (Å²) in [4.78, 5) is 28.5. The summed E-state index contributed by atoms with van der Waals surface area (Å²) < 4.78 is 15.5. The normalized spacial score (nSPS) is 24.2. The van der Waals surface area contributed by atoms with E-state index in [4.69, 9.17) is 11.4 Å². The number of aliphatic carboxylic acids is 1. The van der Waals surface area contributed by atoms with Crippen molar-refractivity contribution in [3.05, 3.63) is 42.1 Å². The molecule has 0 spiro atoms. The van der Waals surface area contributed by atoms with Gasteiger partial charge < -0.3 is 10.1 Å². The zero-order valence-electron chi connectivity index (χ0n) is 18.1. The number of fused-ring (bicyclic) bond motifs is 5. The number of hydrogen-bond donors (Lipinski definition) is 2. The molecule has 1 unspecified atom stereocenters. The van der Waals surface area contributed by atoms with E-state index in [2.05, 4.69) is 26.0 Å². The first-order chi connectivity index (χ1) is 16.5. The molecule has 3 aliphatic rings. The summed E-state index contributed by atoms with van der Waals surface area (Å²) in [7, 11) is 0. The number of carbonyl (C=O) groups is 1. The van der Waals surface area contributed by atoms with Gasteiger partial charge in [0.1, 0.15) is 22.7 Å². The van der Waals surface area contributed by atoms with Crippen LogP contribution in [0.5, 0.6) is 0 Å². The van der Waals surface area contributed by atoms with Crippen molar-refractivity contribution in [2.75, 3.05) is 0 Å². The van der Waals surface area contributed by atoms with E-state index in [0.29, 0.717) is 45.4 Å². The molecule has 0 aromatic carbocycles. The Morgan fingerprint density at radius 1 is 1.29 bits per heavy atom. The van der Waals surface area contributed by atoms with Gasteiger partial charge in [-0.3, -0.25) is 4.79 Å². The minimum atomic E-state index is -0.759. The van der Waals surface area contributed by atoms with E-state index >= 15 is 0 Å². The third-order valence-electron chi connectivity index (χ3n) is 7.32. The Labute approximate surface area is 194 Å². The monoisotopic (exact) mass is 456 g/mol. The predicted octanol–water partition coefficient (Wildman–Crippen LogP) is 4.23. The summed E-state index contributed by atoms with van der Waals surface area (Å²) in [6.07, 6.45) is 14.2. The van der Waals surface area contributed by atoms with Gasteiger partial charge in [0.2, 0.25) is 0 Å². The maximum atomic E-state index is 13.9. The zero-order valence-corrected chi connectivity index (χ0v) is 18.1. The molecule has 3 fully saturated rings. The van der Waals surface area contributed by atoms with Crippen LogP contribution in [0.2, 0.25) is 0 Å². The Kier molecular flexibility index (Phi) is 4.69. The summed E-state index contributed by atoms with van der Waals surface area (Å²) in [5, 5.41) is 15.0. The molecule has 34 heavy (non-hydrogen) atoms. The van der Waals surface area contributed by atoms with Crippen LogP contribution >= 0.6 is 0 Å². The molecular formula is C25H21FN6O2. The van der Waals surface area contributed by atoms with Crippen molar-refractivity contribution in [3.8, 4) is 23.7 Å². The Bertz CT molecular complexity index is 1510. The van der Waals surface area contributed by atoms with Gasteiger partial charge in [0, 0.05) is 29.3 Å². The number of H-pyrrole nitrogens is 1. The largest absolute Gasteiger partial charge is 0.481 e. The second-order valence-corrected chi connectivity index (χ2v) is 9.07. The molecule has 2 N–H and O–H groups in total. The number of pyridine rings is 1. The summed E-state index contributed by atoms with van der Waals surface area (Å²) in [5.41, 5.74) is 2.22. The number of halogens is 1. The number of aromatic amines is 1. The average molecular weight is 456 g/mol. The molecule has 4 aromatic rings. The van der Waals surface area contributed by atoms with Gasteiger partial charge in [0.25, 0.3) is 0 Å². The van der Waals surface area contributed by atoms with Crippen LogP contribution in [0.15, 0.2) is 35.6 Å². The van der Waals surface area contributed by atoms with Crippen LogP contribution in [-0.2, 0) is 4.79 Å². The number of rotatable bonds is 4. The predicted molar refractivity (Wildman–Crippen MR) is 124 cm³/mol. The van der Waals surface area contributed by atoms with E-state index in [9.17, 15) is 14.3 Å². The molecule has 9 heteroatoms. The van der Waals surface area contributed by atoms with Gasteiger partial charge in [-0.1, -0.05) is 5.92 Å². The third-order valence-corrected chi connectivity index (χ3v) is 7.32. The molecule has 2 atom stereocenters. The minimum Gasteiger partial charge on any atom is -0.481 e. The lowest BCUT2D eigenvalue weighted by atomic mass is 9.59. The zero-order chi connectivity index (χ0) is 23.4. The first-order valence-corrected chi connectivity index (χ1v) is 11.3. The molecule has 3 saturated carbocycles. The van der Waals surface area contributed by atoms with Crippen LogP contribution in [0.1, 0.15) is 31.4 Å². The molecular weight excluding hydrogens is 435 g/mol. The van der Waals surface area contributed by atoms with Crippen molar-refractivity contribution in [1.29, 1.82) is 0 Å². The quantitative estimate of drug-likeness (QED) is 0.353. The first kappa shape index (κ1) is 20.5. The van der Waals surface area contributed by atoms with Crippen LogP contribution in [-0.4, -0.2) is 41.9 Å². The van der Waals surface area contributed by atoms with E-state index in [1.165, 1.54) is 6.07 Å². The van der Waals surface area contributed by atoms with E-state index in [0.717, 1.165) is 31.9 Å². The number of nitrogens with zero attached hydrogens (tertiary/aromatic N) is 5. The van der Waals surface area contributed by atoms with Gasteiger partial charge in [-0.2, -0.15) is 0 Å². The number of carboxylic acid groups (broad SMARTS) is 1. The molecule has 0 radical (unpaired) electrons. The number of carboxylic acids is 1. The highest BCUT2D eigenvalue weighted by Crippen LogP contribution is 2.48. The molecule has 3 aliphatic carbocycles. The number of nitrogens with one attached hydrogen (secondary N) is 1. The van der Waals surface area contributed by atoms with Crippen molar-refractivity contribution < 1.29 is 14.3 Å². The van der Waals surface area contributed by atoms with E-state index in [1.54, 1.807) is 29.1 Å². The number of aromatic nitrogens is 5. The first-order valence-electron chi connectivity index (χ1n) is 11.3. The lowest BCUT2D eigenvalue weighted by Crippen LogP contribution is -2.44. The van der Waals surface area contributed by atoms with Gasteiger partial charge in [0.15, 0.2) is 11.6 Å². The standard InChI is InChI=1S/C25H21FN6O2/c1-2-16-7-8-20-24(29-11-18-13-3-5-14(6-4-13)21(18)25(33)34)30-23(31-32(16)20)19-12-28-22-17(19)9-15(26)10-27-22/h1,7-14,18,21H,3-6H2,(H,27,28)(H,33,34)/t13?,14?,18?,21-/m0/s1. The summed E-state index contributed by atoms with van der Waals surface area (Å²) in [5.74, 6) is 2.01. The maximum absolute atomic E-state index is 13.9. The van der Waals surface area contributed by atoms with Crippen LogP contribution in [0.25, 0.3) is 27.9 Å². The lowest BCUT2D eigenvalue weighted by molar-refractivity contribution is -0.149. The van der Waals surface area contributed by atoms with Crippen molar-refractivity contribution in [3.63, 3.8) is 0 Å². The van der Waals surface area contributed by atoms with Crippen molar-refractivity contribution in [2.24, 2.45) is 28.7 Å². The van der Waals surface area contributed by atoms with E-state index in [1.807, 2.05) is 0 Å². The average Bonchev–Trinajstić information content (AvgIpc) is 3.46. The van der Waals surface area contributed by atoms with Crippen molar-refractivity contribution in [2.45, 2.75) is 25.7 Å². The fraction of sp³-hybridized carbons (Fsp3) is 0.320. The minimum absolute atomic E-state index is 0.142. The fourth-order valence-electron chi connectivity index (χ4n) is 5.70. The number of aliphatic imine (C=N–C) groups is 1. The number of terminal acetylenes is 1. The molecule has 7 rings (SSSR count). The SMILES string of the molecule is C#Cc1ccc2c(N=CC3C4CCC(CC4)[C@@H]3C(=O)O)nc(-c3c[nH]c4ncc(F)cc34)nn12. The molecule has 4 heterocycles. The van der Waals surface area contributed by atoms with Crippen molar-refractivity contribution in [1.82, 2.24) is 24.6 Å². The highest BCUT2D eigenvalue weighted by atomic mass is 19.1. The molecule has 8 nitrogen and oxygen atoms in total. The smallest absolute Gasteiger partial charge is 0.307 e. The molecule has 0 amide bonds. The van der Waals surface area contributed by atoms with Gasteiger partial charge >= 0.3 is 5.97 Å². The van der Waals surface area contributed by atoms with Gasteiger partial charge in [-0.25, -0.2) is 23.9 Å². The van der Waals surface area contributed by atoms with Crippen LogP contribution in [0.4, 0.5) is 10.2 Å². The van der Waals surface area contributed by atoms with Gasteiger partial charge in [-0.15, -0.1) is 11.5 Å². The van der Waals surface area contributed by atoms with E-state index < -0.39 is 17.7 Å². The molecule has 0 aliphatic heterocycles. The Morgan fingerprint density at radius 3 is 2.85 bits per heavy atom. The fourth-order valence-corrected chi connectivity index (χ4v) is 5.70. The molecule has 2 bridgehead atoms. The summed E-state index contributed by atoms with van der Waals surface area (Å²) >= 11 is 0. The Hall–Kier alpha value is -4.06. The summed E-state index contributed by atoms with van der Waals surface area (Å²) in [6, 6.07) is 4.92. The summed E-state index contributed by atoms with van der Waals surface area (Å²) in [6.45, 7) is 0. The van der Waals surface area contributed by atoms with Crippen LogP contribution < -0.4 is 0 Å². The third kappa shape index (κ3) is 3.17. The highest BCUT2D eigenvalue weighted by molar-refractivity contribution is 5.92. The molecule has 4 aromatic heterocycles. The van der Waals surface area contributed by atoms with E-state index in [-0.39, 0.29) is 11.8 Å². The Balaban J connectivity index is 1.48. The molecule has 0 saturated heterocycles.